The number of guanidine groups is 1. The van der Waals surface area contributed by atoms with Crippen LogP contribution in [0.1, 0.15) is 19.8 Å². The predicted octanol–water partition coefficient (Wildman–Crippen LogP) is 0.118. The molecule has 7 nitrogen and oxygen atoms in total. The molecule has 0 saturated heterocycles. The Morgan fingerprint density at radius 2 is 1.95 bits per heavy atom. The third kappa shape index (κ3) is 8.50. The van der Waals surface area contributed by atoms with Gasteiger partial charge in [-0.25, -0.2) is 4.79 Å². The standard InChI is InChI=1S/C11H17F3N4O3/c1-6(5-8(19)11(12,13)14)18-7(9(20)21)3-2-4-17-10(15)16/h5,7,18H,2-4H2,1H3,(H,20,21)(H4,15,16,17)/b6-5-/t7-/m0/s1. The minimum Gasteiger partial charge on any atom is -0.480 e. The van der Waals surface area contributed by atoms with Crippen molar-refractivity contribution in [2.75, 3.05) is 6.54 Å². The number of aliphatic carboxylic acids is 1. The summed E-state index contributed by atoms with van der Waals surface area (Å²) in [6.45, 7) is 1.37. The van der Waals surface area contributed by atoms with Crippen LogP contribution in [0.5, 0.6) is 0 Å². The first-order valence-corrected chi connectivity index (χ1v) is 5.88. The van der Waals surface area contributed by atoms with Crippen molar-refractivity contribution >= 4 is 17.7 Å². The second-order valence-electron chi connectivity index (χ2n) is 4.17. The Hall–Kier alpha value is -2.26. The number of halogens is 3. The lowest BCUT2D eigenvalue weighted by atomic mass is 10.1. The highest BCUT2D eigenvalue weighted by Gasteiger charge is 2.36. The van der Waals surface area contributed by atoms with E-state index >= 15 is 0 Å². The van der Waals surface area contributed by atoms with Gasteiger partial charge in [-0.1, -0.05) is 0 Å². The number of carboxylic acid groups (broad SMARTS) is 1. The lowest BCUT2D eigenvalue weighted by Gasteiger charge is -2.15. The lowest BCUT2D eigenvalue weighted by Crippen LogP contribution is -2.36. The molecule has 6 N–H and O–H groups in total. The van der Waals surface area contributed by atoms with E-state index in [0.29, 0.717) is 12.5 Å². The zero-order valence-corrected chi connectivity index (χ0v) is 11.3. The molecule has 1 atom stereocenters. The summed E-state index contributed by atoms with van der Waals surface area (Å²) in [6, 6.07) is -1.14. The number of nitrogens with two attached hydrogens (primary N) is 2. The Morgan fingerprint density at radius 3 is 2.38 bits per heavy atom. The number of rotatable bonds is 8. The minimum atomic E-state index is -4.99. The molecule has 0 aliphatic carbocycles. The second kappa shape index (κ2) is 8.12. The van der Waals surface area contributed by atoms with Gasteiger partial charge >= 0.3 is 12.1 Å². The molecule has 0 radical (unpaired) electrons. The molecular formula is C11H17F3N4O3. The van der Waals surface area contributed by atoms with Crippen LogP contribution < -0.4 is 16.8 Å². The molecule has 0 aliphatic heterocycles. The number of nitrogens with one attached hydrogen (secondary N) is 1. The van der Waals surface area contributed by atoms with E-state index in [2.05, 4.69) is 10.3 Å². The summed E-state index contributed by atoms with van der Waals surface area (Å²) < 4.78 is 36.2. The Kier molecular flexibility index (Phi) is 7.25. The number of carbonyl (C=O) groups excluding carboxylic acids is 1. The van der Waals surface area contributed by atoms with Gasteiger partial charge in [-0.3, -0.25) is 9.79 Å². The van der Waals surface area contributed by atoms with Gasteiger partial charge in [0, 0.05) is 18.3 Å². The summed E-state index contributed by atoms with van der Waals surface area (Å²) >= 11 is 0. The van der Waals surface area contributed by atoms with E-state index in [1.54, 1.807) is 0 Å². The van der Waals surface area contributed by atoms with Crippen LogP contribution in [0.15, 0.2) is 16.8 Å². The smallest absolute Gasteiger partial charge is 0.454 e. The average Bonchev–Trinajstić information content (AvgIpc) is 2.31. The maximum Gasteiger partial charge on any atom is 0.454 e. The van der Waals surface area contributed by atoms with Crippen molar-refractivity contribution in [3.05, 3.63) is 11.8 Å². The number of ketones is 1. The highest BCUT2D eigenvalue weighted by atomic mass is 19.4. The predicted molar refractivity (Wildman–Crippen MR) is 69.3 cm³/mol. The molecule has 120 valence electrons. The van der Waals surface area contributed by atoms with E-state index in [1.165, 1.54) is 6.92 Å². The van der Waals surface area contributed by atoms with Crippen LogP contribution in [0.3, 0.4) is 0 Å². The van der Waals surface area contributed by atoms with Crippen LogP contribution in [0.4, 0.5) is 13.2 Å². The summed E-state index contributed by atoms with van der Waals surface area (Å²) in [5.74, 6) is -3.45. The second-order valence-corrected chi connectivity index (χ2v) is 4.17. The van der Waals surface area contributed by atoms with Gasteiger partial charge in [0.05, 0.1) is 0 Å². The van der Waals surface area contributed by atoms with E-state index in [4.69, 9.17) is 16.6 Å². The van der Waals surface area contributed by atoms with Crippen molar-refractivity contribution in [1.82, 2.24) is 5.32 Å². The van der Waals surface area contributed by atoms with Gasteiger partial charge in [0.2, 0.25) is 0 Å². The monoisotopic (exact) mass is 310 g/mol. The Labute approximate surface area is 118 Å². The first kappa shape index (κ1) is 18.7. The molecule has 0 aromatic carbocycles. The maximum absolute atomic E-state index is 12.1. The molecule has 0 aromatic heterocycles. The Morgan fingerprint density at radius 1 is 1.38 bits per heavy atom. The number of nitrogens with zero attached hydrogens (tertiary/aromatic N) is 1. The normalized spacial score (nSPS) is 13.4. The molecule has 0 amide bonds. The minimum absolute atomic E-state index is 0.0809. The fraction of sp³-hybridized carbons (Fsp3) is 0.545. The van der Waals surface area contributed by atoms with E-state index in [1.807, 2.05) is 0 Å². The third-order valence-corrected chi connectivity index (χ3v) is 2.27. The van der Waals surface area contributed by atoms with Gasteiger partial charge in [0.25, 0.3) is 5.78 Å². The largest absolute Gasteiger partial charge is 0.480 e. The van der Waals surface area contributed by atoms with Crippen LogP contribution >= 0.6 is 0 Å². The molecule has 0 fully saturated rings. The van der Waals surface area contributed by atoms with Crippen molar-refractivity contribution in [3.63, 3.8) is 0 Å². The fourth-order valence-electron chi connectivity index (χ4n) is 1.36. The molecule has 0 heterocycles. The van der Waals surface area contributed by atoms with Gasteiger partial charge in [-0.05, 0) is 19.8 Å². The molecule has 0 rings (SSSR count). The van der Waals surface area contributed by atoms with E-state index < -0.39 is 24.0 Å². The van der Waals surface area contributed by atoms with E-state index in [0.717, 1.165) is 0 Å². The molecular weight excluding hydrogens is 293 g/mol. The molecule has 0 saturated carbocycles. The van der Waals surface area contributed by atoms with Crippen LogP contribution in [-0.4, -0.2) is 41.6 Å². The van der Waals surface area contributed by atoms with Gasteiger partial charge in [-0.2, -0.15) is 13.2 Å². The molecule has 21 heavy (non-hydrogen) atoms. The summed E-state index contributed by atoms with van der Waals surface area (Å²) in [5, 5.41) is 11.3. The number of carbonyl (C=O) groups is 2. The number of aliphatic imine (C=N–C) groups is 1. The third-order valence-electron chi connectivity index (χ3n) is 2.27. The first-order valence-electron chi connectivity index (χ1n) is 5.88. The van der Waals surface area contributed by atoms with Crippen molar-refractivity contribution in [2.24, 2.45) is 16.5 Å². The molecule has 0 unspecified atom stereocenters. The summed E-state index contributed by atoms with van der Waals surface area (Å²) in [4.78, 5) is 25.3. The van der Waals surface area contributed by atoms with Gasteiger partial charge in [0.15, 0.2) is 5.96 Å². The first-order chi connectivity index (χ1) is 9.54. The maximum atomic E-state index is 12.1. The van der Waals surface area contributed by atoms with Gasteiger partial charge < -0.3 is 21.9 Å². The molecule has 0 bridgehead atoms. The molecule has 0 spiro atoms. The van der Waals surface area contributed by atoms with Gasteiger partial charge in [-0.15, -0.1) is 0 Å². The number of alkyl halides is 3. The summed E-state index contributed by atoms with van der Waals surface area (Å²) in [7, 11) is 0. The zero-order chi connectivity index (χ0) is 16.6. The number of hydrogen-bond donors (Lipinski definition) is 4. The fourth-order valence-corrected chi connectivity index (χ4v) is 1.36. The number of allylic oxidation sites excluding steroid dienone is 2. The van der Waals surface area contributed by atoms with E-state index in [9.17, 15) is 22.8 Å². The van der Waals surface area contributed by atoms with Crippen molar-refractivity contribution in [3.8, 4) is 0 Å². The van der Waals surface area contributed by atoms with Crippen molar-refractivity contribution in [1.29, 1.82) is 0 Å². The molecule has 0 aliphatic rings. The average molecular weight is 310 g/mol. The molecule has 0 aromatic rings. The van der Waals surface area contributed by atoms with Crippen LogP contribution in [0.2, 0.25) is 0 Å². The zero-order valence-electron chi connectivity index (χ0n) is 11.3. The quantitative estimate of drug-likeness (QED) is 0.218. The van der Waals surface area contributed by atoms with Crippen LogP contribution in [0.25, 0.3) is 0 Å². The Bertz CT molecular complexity index is 442. The summed E-state index contributed by atoms with van der Waals surface area (Å²) in [6.07, 6.45) is -4.29. The number of hydrogen-bond acceptors (Lipinski definition) is 4. The highest BCUT2D eigenvalue weighted by Crippen LogP contribution is 2.17. The highest BCUT2D eigenvalue weighted by molar-refractivity contribution is 5.94. The number of carboxylic acids is 1. The van der Waals surface area contributed by atoms with E-state index in [-0.39, 0.29) is 24.6 Å². The topological polar surface area (TPSA) is 131 Å². The Balaban J connectivity index is 4.57. The van der Waals surface area contributed by atoms with Crippen LogP contribution in [0, 0.1) is 0 Å². The van der Waals surface area contributed by atoms with Crippen LogP contribution in [-0.2, 0) is 9.59 Å². The van der Waals surface area contributed by atoms with Gasteiger partial charge in [0.1, 0.15) is 6.04 Å². The SMILES string of the molecule is C/C(=C/C(=O)C(F)(F)F)N[C@@H](CCCN=C(N)N)C(=O)O. The molecule has 10 heteroatoms. The van der Waals surface area contributed by atoms with Crippen molar-refractivity contribution in [2.45, 2.75) is 32.0 Å². The van der Waals surface area contributed by atoms with Crippen molar-refractivity contribution < 1.29 is 27.9 Å². The summed E-state index contributed by atoms with van der Waals surface area (Å²) in [5.41, 5.74) is 9.99. The lowest BCUT2D eigenvalue weighted by molar-refractivity contribution is -0.165.